The summed E-state index contributed by atoms with van der Waals surface area (Å²) in [4.78, 5) is 32.0. The summed E-state index contributed by atoms with van der Waals surface area (Å²) in [6, 6.07) is 3.60. The van der Waals surface area contributed by atoms with Gasteiger partial charge in [-0.25, -0.2) is 9.59 Å². The average Bonchev–Trinajstić information content (AvgIpc) is 2.38. The van der Waals surface area contributed by atoms with E-state index in [0.29, 0.717) is 0 Å². The molecule has 0 fully saturated rings. The van der Waals surface area contributed by atoms with E-state index in [-0.39, 0.29) is 0 Å². The van der Waals surface area contributed by atoms with Crippen LogP contribution >= 0.6 is 0 Å². The van der Waals surface area contributed by atoms with Crippen LogP contribution in [0.25, 0.3) is 0 Å². The Morgan fingerprint density at radius 3 is 1.79 bits per heavy atom. The van der Waals surface area contributed by atoms with Crippen LogP contribution < -0.4 is 9.47 Å². The second-order valence-electron chi connectivity index (χ2n) is 2.97. The minimum absolute atomic E-state index is 0.418. The third-order valence-electron chi connectivity index (χ3n) is 1.86. The molecule has 0 N–H and O–H groups in total. The molecule has 1 aromatic rings. The Labute approximate surface area is 106 Å². The highest BCUT2D eigenvalue weighted by Gasteiger charge is 2.26. The summed E-state index contributed by atoms with van der Waals surface area (Å²) in [5.74, 6) is -0.837. The van der Waals surface area contributed by atoms with Gasteiger partial charge in [-0.2, -0.15) is 0 Å². The maximum Gasteiger partial charge on any atom is 0.513 e. The van der Waals surface area contributed by atoms with Gasteiger partial charge in [-0.05, 0) is 12.1 Å². The molecular weight excluding hydrogens is 262 g/mol. The first-order valence-corrected chi connectivity index (χ1v) is 4.78. The monoisotopic (exact) mass is 271 g/mol. The van der Waals surface area contributed by atoms with Gasteiger partial charge in [0.2, 0.25) is 11.5 Å². The number of hydrogen-bond acceptors (Lipinski definition) is 8. The van der Waals surface area contributed by atoms with Crippen molar-refractivity contribution in [1.82, 2.24) is 0 Å². The van der Waals surface area contributed by atoms with Crippen LogP contribution in [0.1, 0.15) is 0 Å². The van der Waals surface area contributed by atoms with Crippen molar-refractivity contribution in [1.29, 1.82) is 0 Å². The Balaban J connectivity index is 3.17. The fraction of sp³-hybridized carbons (Fsp3) is 0.200. The molecule has 1 rings (SSSR count). The number of nitro benzene ring substituents is 1. The van der Waals surface area contributed by atoms with Crippen LogP contribution in [-0.2, 0) is 9.47 Å². The third-order valence-corrected chi connectivity index (χ3v) is 1.86. The molecule has 0 unspecified atom stereocenters. The normalized spacial score (nSPS) is 9.37. The lowest BCUT2D eigenvalue weighted by atomic mass is 10.2. The molecule has 0 saturated carbocycles. The van der Waals surface area contributed by atoms with E-state index in [0.717, 1.165) is 26.4 Å². The Morgan fingerprint density at radius 2 is 1.47 bits per heavy atom. The third kappa shape index (κ3) is 3.56. The largest absolute Gasteiger partial charge is 0.513 e. The van der Waals surface area contributed by atoms with Gasteiger partial charge >= 0.3 is 18.0 Å². The Morgan fingerprint density at radius 1 is 1.05 bits per heavy atom. The maximum absolute atomic E-state index is 10.9. The summed E-state index contributed by atoms with van der Waals surface area (Å²) < 4.78 is 17.6. The van der Waals surface area contributed by atoms with Crippen molar-refractivity contribution in [2.75, 3.05) is 14.2 Å². The molecular formula is C10H9NO8. The van der Waals surface area contributed by atoms with E-state index in [9.17, 15) is 19.7 Å². The number of rotatable bonds is 3. The summed E-state index contributed by atoms with van der Waals surface area (Å²) in [7, 11) is 2.09. The van der Waals surface area contributed by atoms with E-state index in [4.69, 9.17) is 0 Å². The Bertz CT molecular complexity index is 476. The van der Waals surface area contributed by atoms with Gasteiger partial charge in [-0.1, -0.05) is 6.07 Å². The first-order chi connectivity index (χ1) is 8.99. The van der Waals surface area contributed by atoms with Gasteiger partial charge in [0.25, 0.3) is 0 Å². The number of para-hydroxylation sites is 1. The lowest BCUT2D eigenvalue weighted by Crippen LogP contribution is -2.11. The van der Waals surface area contributed by atoms with Crippen LogP contribution in [0.3, 0.4) is 0 Å². The van der Waals surface area contributed by atoms with Crippen LogP contribution in [0.15, 0.2) is 18.2 Å². The molecule has 9 heteroatoms. The molecule has 0 spiro atoms. The van der Waals surface area contributed by atoms with Crippen molar-refractivity contribution in [2.45, 2.75) is 0 Å². The number of ether oxygens (including phenoxy) is 4. The quantitative estimate of drug-likeness (QED) is 0.354. The van der Waals surface area contributed by atoms with Crippen LogP contribution in [-0.4, -0.2) is 31.5 Å². The first kappa shape index (κ1) is 14.2. The summed E-state index contributed by atoms with van der Waals surface area (Å²) in [6.45, 7) is 0. The number of nitrogens with zero attached hydrogens (tertiary/aromatic N) is 1. The number of nitro groups is 1. The SMILES string of the molecule is COC(=O)Oc1cccc(OC(=O)OC)c1[N+](=O)[O-]. The van der Waals surface area contributed by atoms with Crippen LogP contribution in [0.4, 0.5) is 15.3 Å². The highest BCUT2D eigenvalue weighted by atomic mass is 16.7. The molecule has 9 nitrogen and oxygen atoms in total. The summed E-state index contributed by atoms with van der Waals surface area (Å²) in [5.41, 5.74) is -0.696. The Kier molecular flexibility index (Phi) is 4.63. The molecule has 0 aromatic heterocycles. The zero-order valence-corrected chi connectivity index (χ0v) is 9.95. The van der Waals surface area contributed by atoms with Crippen molar-refractivity contribution in [2.24, 2.45) is 0 Å². The standard InChI is InChI=1S/C10H9NO8/c1-16-9(12)18-6-4-3-5-7(8(6)11(14)15)19-10(13)17-2/h3-5H,1-2H3. The average molecular weight is 271 g/mol. The van der Waals surface area contributed by atoms with Gasteiger partial charge in [-0.3, -0.25) is 10.1 Å². The van der Waals surface area contributed by atoms with Crippen molar-refractivity contribution in [3.63, 3.8) is 0 Å². The molecule has 19 heavy (non-hydrogen) atoms. The molecule has 0 amide bonds. The van der Waals surface area contributed by atoms with Crippen molar-refractivity contribution < 1.29 is 33.5 Å². The van der Waals surface area contributed by atoms with E-state index >= 15 is 0 Å². The van der Waals surface area contributed by atoms with Crippen molar-refractivity contribution >= 4 is 18.0 Å². The van der Waals surface area contributed by atoms with E-state index in [2.05, 4.69) is 18.9 Å². The van der Waals surface area contributed by atoms with Crippen LogP contribution in [0, 0.1) is 10.1 Å². The molecule has 1 aromatic carbocycles. The van der Waals surface area contributed by atoms with E-state index in [1.165, 1.54) is 6.07 Å². The molecule has 0 aliphatic rings. The van der Waals surface area contributed by atoms with Gasteiger partial charge in [-0.15, -0.1) is 0 Å². The number of carbonyl (C=O) groups excluding carboxylic acids is 2. The van der Waals surface area contributed by atoms with Gasteiger partial charge in [0.1, 0.15) is 0 Å². The number of hydrogen-bond donors (Lipinski definition) is 0. The van der Waals surface area contributed by atoms with Crippen LogP contribution in [0.5, 0.6) is 11.5 Å². The summed E-state index contributed by atoms with van der Waals surface area (Å²) >= 11 is 0. The highest BCUT2D eigenvalue weighted by Crippen LogP contribution is 2.36. The zero-order chi connectivity index (χ0) is 14.4. The van der Waals surface area contributed by atoms with E-state index < -0.39 is 34.4 Å². The smallest absolute Gasteiger partial charge is 0.437 e. The lowest BCUT2D eigenvalue weighted by molar-refractivity contribution is -0.386. The molecule has 0 atom stereocenters. The summed E-state index contributed by atoms with van der Waals surface area (Å²) in [5, 5.41) is 10.9. The fourth-order valence-corrected chi connectivity index (χ4v) is 1.11. The second kappa shape index (κ2) is 6.19. The predicted octanol–water partition coefficient (Wildman–Crippen LogP) is 1.89. The molecule has 0 heterocycles. The predicted molar refractivity (Wildman–Crippen MR) is 59.2 cm³/mol. The minimum atomic E-state index is -1.14. The summed E-state index contributed by atoms with van der Waals surface area (Å²) in [6.07, 6.45) is -2.28. The van der Waals surface area contributed by atoms with Gasteiger partial charge in [0.05, 0.1) is 19.1 Å². The van der Waals surface area contributed by atoms with Gasteiger partial charge in [0, 0.05) is 0 Å². The van der Waals surface area contributed by atoms with E-state index in [1.54, 1.807) is 0 Å². The van der Waals surface area contributed by atoms with Crippen LogP contribution in [0.2, 0.25) is 0 Å². The first-order valence-electron chi connectivity index (χ1n) is 4.78. The van der Waals surface area contributed by atoms with Crippen molar-refractivity contribution in [3.8, 4) is 11.5 Å². The van der Waals surface area contributed by atoms with Gasteiger partial charge < -0.3 is 18.9 Å². The molecule has 0 aliphatic carbocycles. The molecule has 0 bridgehead atoms. The lowest BCUT2D eigenvalue weighted by Gasteiger charge is -2.07. The van der Waals surface area contributed by atoms with E-state index in [1.807, 2.05) is 0 Å². The Hall–Kier alpha value is -2.84. The number of methoxy groups -OCH3 is 2. The molecule has 0 radical (unpaired) electrons. The maximum atomic E-state index is 10.9. The molecule has 0 saturated heterocycles. The minimum Gasteiger partial charge on any atom is -0.437 e. The fourth-order valence-electron chi connectivity index (χ4n) is 1.11. The molecule has 102 valence electrons. The topological polar surface area (TPSA) is 114 Å². The highest BCUT2D eigenvalue weighted by molar-refractivity contribution is 5.71. The van der Waals surface area contributed by atoms with Crippen molar-refractivity contribution in [3.05, 3.63) is 28.3 Å². The number of benzene rings is 1. The molecule has 0 aliphatic heterocycles. The van der Waals surface area contributed by atoms with Gasteiger partial charge in [0.15, 0.2) is 0 Å². The number of carbonyl (C=O) groups is 2. The zero-order valence-electron chi connectivity index (χ0n) is 9.95. The second-order valence-corrected chi connectivity index (χ2v) is 2.97.